The van der Waals surface area contributed by atoms with Crippen molar-refractivity contribution in [3.05, 3.63) is 70.9 Å². The molecule has 2 aromatic carbocycles. The average Bonchev–Trinajstić information content (AvgIpc) is 2.46. The van der Waals surface area contributed by atoms with E-state index in [1.807, 2.05) is 36.4 Å². The maximum Gasteiger partial charge on any atom is 0.255 e. The molecule has 1 aliphatic heterocycles. The molecule has 1 saturated heterocycles. The van der Waals surface area contributed by atoms with E-state index in [4.69, 9.17) is 11.6 Å². The number of hydrogen-bond acceptors (Lipinski definition) is 2. The highest BCUT2D eigenvalue weighted by Gasteiger charge is 2.13. The van der Waals surface area contributed by atoms with Crippen molar-refractivity contribution >= 4 is 17.5 Å². The van der Waals surface area contributed by atoms with E-state index in [1.54, 1.807) is 18.3 Å². The van der Waals surface area contributed by atoms with Crippen LogP contribution in [-0.4, -0.2) is 19.0 Å². The SMILES string of the molecule is O=C(NC=C1CNC1)c1ccc(Cl)cc1-c1ccccc1. The van der Waals surface area contributed by atoms with Crippen molar-refractivity contribution in [2.45, 2.75) is 0 Å². The van der Waals surface area contributed by atoms with Crippen molar-refractivity contribution in [1.29, 1.82) is 0 Å². The van der Waals surface area contributed by atoms with Gasteiger partial charge in [0.15, 0.2) is 0 Å². The molecule has 0 aliphatic carbocycles. The summed E-state index contributed by atoms with van der Waals surface area (Å²) in [7, 11) is 0. The summed E-state index contributed by atoms with van der Waals surface area (Å²) in [6, 6.07) is 15.1. The first-order chi connectivity index (χ1) is 10.2. The predicted octanol–water partition coefficient (Wildman–Crippen LogP) is 3.22. The van der Waals surface area contributed by atoms with E-state index in [1.165, 1.54) is 5.57 Å². The fourth-order valence-electron chi connectivity index (χ4n) is 2.19. The molecule has 0 radical (unpaired) electrons. The lowest BCUT2D eigenvalue weighted by atomic mass is 9.99. The molecule has 2 N–H and O–H groups in total. The van der Waals surface area contributed by atoms with Gasteiger partial charge in [0.05, 0.1) is 0 Å². The summed E-state index contributed by atoms with van der Waals surface area (Å²) < 4.78 is 0. The van der Waals surface area contributed by atoms with Crippen LogP contribution in [0.25, 0.3) is 11.1 Å². The van der Waals surface area contributed by atoms with Crippen LogP contribution < -0.4 is 10.6 Å². The van der Waals surface area contributed by atoms with E-state index in [2.05, 4.69) is 10.6 Å². The number of rotatable bonds is 3. The third kappa shape index (κ3) is 3.15. The summed E-state index contributed by atoms with van der Waals surface area (Å²) in [6.45, 7) is 1.68. The Morgan fingerprint density at radius 3 is 2.57 bits per heavy atom. The topological polar surface area (TPSA) is 41.1 Å². The molecule has 4 heteroatoms. The summed E-state index contributed by atoms with van der Waals surface area (Å²) in [5.41, 5.74) is 3.63. The van der Waals surface area contributed by atoms with Crippen molar-refractivity contribution in [2.75, 3.05) is 13.1 Å². The van der Waals surface area contributed by atoms with Gasteiger partial charge in [0.2, 0.25) is 0 Å². The van der Waals surface area contributed by atoms with Crippen LogP contribution in [0.4, 0.5) is 0 Å². The van der Waals surface area contributed by atoms with Gasteiger partial charge in [-0.1, -0.05) is 41.9 Å². The van der Waals surface area contributed by atoms with E-state index in [0.29, 0.717) is 10.6 Å². The fourth-order valence-corrected chi connectivity index (χ4v) is 2.36. The molecule has 2 aromatic rings. The van der Waals surface area contributed by atoms with Crippen molar-refractivity contribution < 1.29 is 4.79 Å². The van der Waals surface area contributed by atoms with Gasteiger partial charge in [0, 0.05) is 29.9 Å². The Morgan fingerprint density at radius 2 is 1.90 bits per heavy atom. The van der Waals surface area contributed by atoms with Crippen LogP contribution in [0.1, 0.15) is 10.4 Å². The first kappa shape index (κ1) is 13.9. The van der Waals surface area contributed by atoms with Crippen LogP contribution in [0.2, 0.25) is 5.02 Å². The van der Waals surface area contributed by atoms with Crippen LogP contribution in [0.15, 0.2) is 60.3 Å². The van der Waals surface area contributed by atoms with E-state index in [0.717, 1.165) is 24.2 Å². The zero-order valence-corrected chi connectivity index (χ0v) is 12.2. The number of halogens is 1. The van der Waals surface area contributed by atoms with Gasteiger partial charge in [-0.05, 0) is 34.9 Å². The van der Waals surface area contributed by atoms with Crippen molar-refractivity contribution in [2.24, 2.45) is 0 Å². The quantitative estimate of drug-likeness (QED) is 0.913. The fraction of sp³-hybridized carbons (Fsp3) is 0.118. The minimum Gasteiger partial charge on any atom is -0.329 e. The van der Waals surface area contributed by atoms with Gasteiger partial charge >= 0.3 is 0 Å². The average molecular weight is 299 g/mol. The third-order valence-corrected chi connectivity index (χ3v) is 3.66. The molecule has 3 nitrogen and oxygen atoms in total. The third-order valence-electron chi connectivity index (χ3n) is 3.42. The summed E-state index contributed by atoms with van der Waals surface area (Å²) >= 11 is 6.08. The summed E-state index contributed by atoms with van der Waals surface area (Å²) in [6.07, 6.45) is 1.78. The van der Waals surface area contributed by atoms with E-state index < -0.39 is 0 Å². The zero-order chi connectivity index (χ0) is 14.7. The highest BCUT2D eigenvalue weighted by molar-refractivity contribution is 6.31. The summed E-state index contributed by atoms with van der Waals surface area (Å²) in [5.74, 6) is -0.120. The summed E-state index contributed by atoms with van der Waals surface area (Å²) in [4.78, 5) is 12.4. The number of carbonyl (C=O) groups excluding carboxylic acids is 1. The highest BCUT2D eigenvalue weighted by Crippen LogP contribution is 2.27. The van der Waals surface area contributed by atoms with Crippen molar-refractivity contribution in [3.8, 4) is 11.1 Å². The Labute approximate surface area is 128 Å². The molecular weight excluding hydrogens is 284 g/mol. The predicted molar refractivity (Wildman–Crippen MR) is 85.3 cm³/mol. The molecule has 1 heterocycles. The van der Waals surface area contributed by atoms with Gasteiger partial charge in [0.1, 0.15) is 0 Å². The normalized spacial score (nSPS) is 13.5. The van der Waals surface area contributed by atoms with Crippen LogP contribution in [0.5, 0.6) is 0 Å². The molecule has 1 amide bonds. The number of amides is 1. The Hall–Kier alpha value is -2.10. The monoisotopic (exact) mass is 298 g/mol. The first-order valence-electron chi connectivity index (χ1n) is 6.78. The van der Waals surface area contributed by atoms with Crippen LogP contribution in [0.3, 0.4) is 0 Å². The summed E-state index contributed by atoms with van der Waals surface area (Å²) in [5, 5.41) is 6.60. The molecule has 0 bridgehead atoms. The molecule has 3 rings (SSSR count). The van der Waals surface area contributed by atoms with Gasteiger partial charge in [-0.15, -0.1) is 0 Å². The molecular formula is C17H15ClN2O. The lowest BCUT2D eigenvalue weighted by molar-refractivity contribution is 0.0970. The van der Waals surface area contributed by atoms with Gasteiger partial charge in [-0.2, -0.15) is 0 Å². The molecule has 1 aliphatic rings. The Bertz CT molecular complexity index is 689. The number of hydrogen-bond donors (Lipinski definition) is 2. The van der Waals surface area contributed by atoms with Gasteiger partial charge < -0.3 is 10.6 Å². The standard InChI is InChI=1S/C17H15ClN2O/c18-14-6-7-15(17(21)20-11-12-9-19-10-12)16(8-14)13-4-2-1-3-5-13/h1-8,11,19H,9-10H2,(H,20,21). The largest absolute Gasteiger partial charge is 0.329 e. The molecule has 1 fully saturated rings. The first-order valence-corrected chi connectivity index (χ1v) is 7.16. The number of benzene rings is 2. The minimum absolute atomic E-state index is 0.120. The van der Waals surface area contributed by atoms with Crippen LogP contribution >= 0.6 is 11.6 Å². The molecule has 21 heavy (non-hydrogen) atoms. The molecule has 0 unspecified atom stereocenters. The Kier molecular flexibility index (Phi) is 4.04. The second kappa shape index (κ2) is 6.12. The second-order valence-electron chi connectivity index (χ2n) is 4.94. The number of carbonyl (C=O) groups is 1. The van der Waals surface area contributed by atoms with Crippen molar-refractivity contribution in [3.63, 3.8) is 0 Å². The zero-order valence-electron chi connectivity index (χ0n) is 11.4. The Morgan fingerprint density at radius 1 is 1.14 bits per heavy atom. The van der Waals surface area contributed by atoms with Gasteiger partial charge in [-0.25, -0.2) is 0 Å². The van der Waals surface area contributed by atoms with Crippen molar-refractivity contribution in [1.82, 2.24) is 10.6 Å². The lowest BCUT2D eigenvalue weighted by Crippen LogP contribution is -2.35. The molecule has 0 spiro atoms. The van der Waals surface area contributed by atoms with E-state index >= 15 is 0 Å². The number of nitrogens with one attached hydrogen (secondary N) is 2. The van der Waals surface area contributed by atoms with Gasteiger partial charge in [0.25, 0.3) is 5.91 Å². The molecule has 106 valence electrons. The van der Waals surface area contributed by atoms with E-state index in [-0.39, 0.29) is 5.91 Å². The molecule has 0 atom stereocenters. The maximum absolute atomic E-state index is 12.4. The van der Waals surface area contributed by atoms with Crippen LogP contribution in [0, 0.1) is 0 Å². The lowest BCUT2D eigenvalue weighted by Gasteiger charge is -2.18. The maximum atomic E-state index is 12.4. The highest BCUT2D eigenvalue weighted by atomic mass is 35.5. The smallest absolute Gasteiger partial charge is 0.255 e. The molecule has 0 saturated carbocycles. The van der Waals surface area contributed by atoms with Gasteiger partial charge in [-0.3, -0.25) is 4.79 Å². The second-order valence-corrected chi connectivity index (χ2v) is 5.37. The Balaban J connectivity index is 1.92. The van der Waals surface area contributed by atoms with Crippen LogP contribution in [-0.2, 0) is 0 Å². The molecule has 0 aromatic heterocycles. The minimum atomic E-state index is -0.120. The van der Waals surface area contributed by atoms with E-state index in [9.17, 15) is 4.79 Å².